The molecule has 4 aliphatic carbocycles. The fourth-order valence-electron chi connectivity index (χ4n) is 4.98. The van der Waals surface area contributed by atoms with Crippen LogP contribution in [0.1, 0.15) is 64.7 Å². The van der Waals surface area contributed by atoms with E-state index < -0.39 is 0 Å². The minimum atomic E-state index is -0.168. The van der Waals surface area contributed by atoms with Crippen LogP contribution in [-0.4, -0.2) is 18.7 Å². The fourth-order valence-corrected chi connectivity index (χ4v) is 4.98. The minimum Gasteiger partial charge on any atom is -0.446 e. The zero-order valence-corrected chi connectivity index (χ0v) is 12.8. The number of ether oxygens (including phenoxy) is 1. The van der Waals surface area contributed by atoms with Gasteiger partial charge >= 0.3 is 6.09 Å². The maximum atomic E-state index is 11.9. The first-order valence-corrected chi connectivity index (χ1v) is 8.70. The largest absolute Gasteiger partial charge is 0.446 e. The molecule has 0 radical (unpaired) electrons. The van der Waals surface area contributed by atoms with E-state index in [1.165, 1.54) is 51.4 Å². The lowest BCUT2D eigenvalue weighted by molar-refractivity contribution is -0.0960. The van der Waals surface area contributed by atoms with Crippen LogP contribution in [0.5, 0.6) is 0 Å². The number of carbonyl (C=O) groups excluding carboxylic acids is 1. The number of rotatable bonds is 6. The zero-order valence-electron chi connectivity index (χ0n) is 12.8. The standard InChI is InChI=1S/C17H29NO2/c1-2-3-4-5-6-18-17(19)20-16-14-8-12-7-13(10-14)11-15(16)9-12/h12-16H,2-11H2,1H3,(H,18,19). The summed E-state index contributed by atoms with van der Waals surface area (Å²) in [6, 6.07) is 0. The van der Waals surface area contributed by atoms with Gasteiger partial charge in [0.2, 0.25) is 0 Å². The van der Waals surface area contributed by atoms with Gasteiger partial charge in [0.15, 0.2) is 0 Å². The quantitative estimate of drug-likeness (QED) is 0.743. The third-order valence-electron chi connectivity index (χ3n) is 5.68. The third-order valence-corrected chi connectivity index (χ3v) is 5.68. The lowest BCUT2D eigenvalue weighted by atomic mass is 9.55. The fraction of sp³-hybridized carbons (Fsp3) is 0.941. The summed E-state index contributed by atoms with van der Waals surface area (Å²) in [6.45, 7) is 2.97. The van der Waals surface area contributed by atoms with Gasteiger partial charge in [0.1, 0.15) is 6.10 Å². The van der Waals surface area contributed by atoms with Gasteiger partial charge in [0.25, 0.3) is 0 Å². The zero-order chi connectivity index (χ0) is 13.9. The second kappa shape index (κ2) is 6.36. The second-order valence-corrected chi connectivity index (χ2v) is 7.29. The highest BCUT2D eigenvalue weighted by molar-refractivity contribution is 5.67. The predicted octanol–water partition coefficient (Wildman–Crippen LogP) is 4.12. The maximum Gasteiger partial charge on any atom is 0.407 e. The van der Waals surface area contributed by atoms with Crippen molar-refractivity contribution >= 4 is 6.09 Å². The summed E-state index contributed by atoms with van der Waals surface area (Å²) < 4.78 is 5.78. The van der Waals surface area contributed by atoms with Gasteiger partial charge in [0, 0.05) is 6.54 Å². The normalized spacial score (nSPS) is 38.0. The number of hydrogen-bond donors (Lipinski definition) is 1. The SMILES string of the molecule is CCCCCCNC(=O)OC1C2CC3CC(C2)CC1C3. The summed E-state index contributed by atoms with van der Waals surface area (Å²) in [5, 5.41) is 2.94. The van der Waals surface area contributed by atoms with Crippen molar-refractivity contribution in [2.24, 2.45) is 23.7 Å². The summed E-state index contributed by atoms with van der Waals surface area (Å²) in [5.74, 6) is 3.21. The molecule has 0 aromatic rings. The molecule has 20 heavy (non-hydrogen) atoms. The Balaban J connectivity index is 1.40. The van der Waals surface area contributed by atoms with Crippen LogP contribution in [-0.2, 0) is 4.74 Å². The Morgan fingerprint density at radius 3 is 2.25 bits per heavy atom. The molecule has 3 nitrogen and oxygen atoms in total. The highest BCUT2D eigenvalue weighted by Gasteiger charge is 2.49. The Hall–Kier alpha value is -0.730. The van der Waals surface area contributed by atoms with Crippen LogP contribution in [0.3, 0.4) is 0 Å². The molecule has 0 aromatic carbocycles. The first-order chi connectivity index (χ1) is 9.76. The van der Waals surface area contributed by atoms with Crippen LogP contribution in [0.4, 0.5) is 4.79 Å². The van der Waals surface area contributed by atoms with Gasteiger partial charge in [-0.1, -0.05) is 26.2 Å². The molecule has 0 unspecified atom stereocenters. The van der Waals surface area contributed by atoms with Crippen molar-refractivity contribution in [3.05, 3.63) is 0 Å². The van der Waals surface area contributed by atoms with Crippen molar-refractivity contribution < 1.29 is 9.53 Å². The van der Waals surface area contributed by atoms with Crippen LogP contribution in [0.2, 0.25) is 0 Å². The minimum absolute atomic E-state index is 0.168. The first kappa shape index (κ1) is 14.2. The van der Waals surface area contributed by atoms with Crippen molar-refractivity contribution in [1.29, 1.82) is 0 Å². The average molecular weight is 279 g/mol. The average Bonchev–Trinajstić information content (AvgIpc) is 2.42. The summed E-state index contributed by atoms with van der Waals surface area (Å²) in [7, 11) is 0. The third kappa shape index (κ3) is 3.12. The Morgan fingerprint density at radius 2 is 1.65 bits per heavy atom. The van der Waals surface area contributed by atoms with Crippen molar-refractivity contribution in [2.45, 2.75) is 70.8 Å². The first-order valence-electron chi connectivity index (χ1n) is 8.70. The molecule has 1 N–H and O–H groups in total. The van der Waals surface area contributed by atoms with Crippen molar-refractivity contribution in [3.8, 4) is 0 Å². The van der Waals surface area contributed by atoms with Crippen LogP contribution < -0.4 is 5.32 Å². The molecule has 4 fully saturated rings. The van der Waals surface area contributed by atoms with Gasteiger partial charge in [-0.2, -0.15) is 0 Å². The Labute approximate surface area is 122 Å². The van der Waals surface area contributed by atoms with E-state index in [0.717, 1.165) is 24.8 Å². The van der Waals surface area contributed by atoms with E-state index in [0.29, 0.717) is 11.8 Å². The second-order valence-electron chi connectivity index (χ2n) is 7.29. The molecule has 0 aliphatic heterocycles. The number of alkyl carbamates (subject to hydrolysis) is 1. The Bertz CT molecular complexity index is 314. The van der Waals surface area contributed by atoms with E-state index in [4.69, 9.17) is 4.74 Å². The molecule has 4 rings (SSSR count). The van der Waals surface area contributed by atoms with Gasteiger partial charge in [0.05, 0.1) is 0 Å². The molecule has 0 heterocycles. The van der Waals surface area contributed by atoms with Crippen LogP contribution in [0, 0.1) is 23.7 Å². The molecular formula is C17H29NO2. The lowest BCUT2D eigenvalue weighted by Gasteiger charge is -2.53. The number of hydrogen-bond acceptors (Lipinski definition) is 2. The van der Waals surface area contributed by atoms with Crippen molar-refractivity contribution in [3.63, 3.8) is 0 Å². The molecule has 0 spiro atoms. The molecule has 3 heteroatoms. The Kier molecular flexibility index (Phi) is 4.52. The molecule has 4 bridgehead atoms. The molecule has 1 amide bonds. The van der Waals surface area contributed by atoms with Crippen LogP contribution in [0.25, 0.3) is 0 Å². The summed E-state index contributed by atoms with van der Waals surface area (Å²) >= 11 is 0. The molecule has 114 valence electrons. The number of nitrogens with one attached hydrogen (secondary N) is 1. The number of amides is 1. The molecule has 0 aromatic heterocycles. The maximum absolute atomic E-state index is 11.9. The number of carbonyl (C=O) groups is 1. The Morgan fingerprint density at radius 1 is 1.00 bits per heavy atom. The monoisotopic (exact) mass is 279 g/mol. The summed E-state index contributed by atoms with van der Waals surface area (Å²) in [6.07, 6.45) is 11.5. The topological polar surface area (TPSA) is 38.3 Å². The van der Waals surface area contributed by atoms with E-state index in [1.54, 1.807) is 0 Å². The summed E-state index contributed by atoms with van der Waals surface area (Å²) in [5.41, 5.74) is 0. The lowest BCUT2D eigenvalue weighted by Crippen LogP contribution is -2.50. The van der Waals surface area contributed by atoms with Crippen molar-refractivity contribution in [1.82, 2.24) is 5.32 Å². The van der Waals surface area contributed by atoms with Gasteiger partial charge < -0.3 is 10.1 Å². The van der Waals surface area contributed by atoms with Crippen LogP contribution >= 0.6 is 0 Å². The van der Waals surface area contributed by atoms with E-state index in [9.17, 15) is 4.79 Å². The highest BCUT2D eigenvalue weighted by atomic mass is 16.6. The molecule has 4 saturated carbocycles. The number of unbranched alkanes of at least 4 members (excludes halogenated alkanes) is 3. The van der Waals surface area contributed by atoms with E-state index in [-0.39, 0.29) is 12.2 Å². The van der Waals surface area contributed by atoms with Gasteiger partial charge in [-0.25, -0.2) is 4.79 Å². The van der Waals surface area contributed by atoms with Gasteiger partial charge in [-0.3, -0.25) is 0 Å². The molecule has 0 atom stereocenters. The molecule has 4 aliphatic rings. The smallest absolute Gasteiger partial charge is 0.407 e. The molecule has 0 saturated heterocycles. The van der Waals surface area contributed by atoms with Crippen LogP contribution in [0.15, 0.2) is 0 Å². The van der Waals surface area contributed by atoms with E-state index in [1.807, 2.05) is 0 Å². The van der Waals surface area contributed by atoms with Gasteiger partial charge in [-0.05, 0) is 62.2 Å². The summed E-state index contributed by atoms with van der Waals surface area (Å²) in [4.78, 5) is 11.9. The van der Waals surface area contributed by atoms with E-state index >= 15 is 0 Å². The van der Waals surface area contributed by atoms with Gasteiger partial charge in [-0.15, -0.1) is 0 Å². The van der Waals surface area contributed by atoms with E-state index in [2.05, 4.69) is 12.2 Å². The molecular weight excluding hydrogens is 250 g/mol. The predicted molar refractivity (Wildman–Crippen MR) is 79.5 cm³/mol. The van der Waals surface area contributed by atoms with Crippen molar-refractivity contribution in [2.75, 3.05) is 6.54 Å². The highest BCUT2D eigenvalue weighted by Crippen LogP contribution is 2.54.